The smallest absolute Gasteiger partial charge is 0.161 e. The molecule has 4 nitrogen and oxygen atoms in total. The van der Waals surface area contributed by atoms with Crippen molar-refractivity contribution >= 4 is 0 Å². The van der Waals surface area contributed by atoms with Crippen molar-refractivity contribution in [2.45, 2.75) is 6.61 Å². The van der Waals surface area contributed by atoms with Crippen molar-refractivity contribution in [3.8, 4) is 23.0 Å². The van der Waals surface area contributed by atoms with E-state index in [0.29, 0.717) is 11.5 Å². The molecule has 0 aliphatic carbocycles. The third-order valence-electron chi connectivity index (χ3n) is 2.52. The van der Waals surface area contributed by atoms with E-state index in [1.54, 1.807) is 36.4 Å². The number of para-hydroxylation sites is 2. The van der Waals surface area contributed by atoms with Crippen molar-refractivity contribution < 1.29 is 19.7 Å². The van der Waals surface area contributed by atoms with Crippen LogP contribution in [0.3, 0.4) is 0 Å². The van der Waals surface area contributed by atoms with E-state index in [-0.39, 0.29) is 18.1 Å². The van der Waals surface area contributed by atoms with Crippen LogP contribution in [-0.4, -0.2) is 17.3 Å². The summed E-state index contributed by atoms with van der Waals surface area (Å²) in [6.07, 6.45) is 0. The zero-order valence-electron chi connectivity index (χ0n) is 9.96. The molecule has 2 aromatic rings. The predicted octanol–water partition coefficient (Wildman–Crippen LogP) is 2.69. The van der Waals surface area contributed by atoms with Crippen LogP contribution in [0, 0.1) is 0 Å². The first kappa shape index (κ1) is 12.1. The lowest BCUT2D eigenvalue weighted by Crippen LogP contribution is -1.98. The van der Waals surface area contributed by atoms with Gasteiger partial charge in [-0.2, -0.15) is 0 Å². The third-order valence-corrected chi connectivity index (χ3v) is 2.52. The highest BCUT2D eigenvalue weighted by molar-refractivity contribution is 5.41. The van der Waals surface area contributed by atoms with Crippen LogP contribution in [0.5, 0.6) is 23.0 Å². The quantitative estimate of drug-likeness (QED) is 0.870. The second-order valence-electron chi connectivity index (χ2n) is 3.75. The molecular formula is C14H14O4. The summed E-state index contributed by atoms with van der Waals surface area (Å²) in [6.45, 7) is 0.251. The van der Waals surface area contributed by atoms with E-state index in [0.717, 1.165) is 5.56 Å². The number of aromatic hydroxyl groups is 2. The van der Waals surface area contributed by atoms with Gasteiger partial charge in [-0.1, -0.05) is 12.1 Å². The van der Waals surface area contributed by atoms with E-state index in [4.69, 9.17) is 9.47 Å². The fourth-order valence-corrected chi connectivity index (χ4v) is 1.59. The van der Waals surface area contributed by atoms with Gasteiger partial charge in [0, 0.05) is 11.6 Å². The highest BCUT2D eigenvalue weighted by atomic mass is 16.5. The summed E-state index contributed by atoms with van der Waals surface area (Å²) in [5.41, 5.74) is 0.790. The molecule has 0 fully saturated rings. The molecule has 0 radical (unpaired) electrons. The van der Waals surface area contributed by atoms with Crippen LogP contribution in [0.15, 0.2) is 42.5 Å². The minimum absolute atomic E-state index is 0.0928. The molecule has 2 rings (SSSR count). The largest absolute Gasteiger partial charge is 0.508 e. The van der Waals surface area contributed by atoms with Crippen LogP contribution in [0.1, 0.15) is 5.56 Å². The van der Waals surface area contributed by atoms with E-state index in [1.807, 2.05) is 0 Å². The Labute approximate surface area is 105 Å². The normalized spacial score (nSPS) is 10.1. The molecule has 0 atom stereocenters. The number of ether oxygens (including phenoxy) is 2. The maximum Gasteiger partial charge on any atom is 0.161 e. The van der Waals surface area contributed by atoms with Gasteiger partial charge in [0.1, 0.15) is 18.1 Å². The summed E-state index contributed by atoms with van der Waals surface area (Å²) < 4.78 is 10.6. The van der Waals surface area contributed by atoms with Crippen molar-refractivity contribution in [3.05, 3.63) is 48.0 Å². The fraction of sp³-hybridized carbons (Fsp3) is 0.143. The Morgan fingerprint density at radius 3 is 2.50 bits per heavy atom. The molecule has 0 bridgehead atoms. The Morgan fingerprint density at radius 1 is 1.00 bits per heavy atom. The molecule has 4 heteroatoms. The van der Waals surface area contributed by atoms with Crippen LogP contribution in [-0.2, 0) is 6.61 Å². The standard InChI is InChI=1S/C14H14O4/c1-17-14-8-11(15)7-6-10(14)9-18-13-5-3-2-4-12(13)16/h2-8,15-16H,9H2,1H3. The molecule has 0 spiro atoms. The highest BCUT2D eigenvalue weighted by Gasteiger charge is 2.06. The van der Waals surface area contributed by atoms with Gasteiger partial charge in [0.25, 0.3) is 0 Å². The number of hydrogen-bond acceptors (Lipinski definition) is 4. The Morgan fingerprint density at radius 2 is 1.78 bits per heavy atom. The van der Waals surface area contributed by atoms with E-state index in [2.05, 4.69) is 0 Å². The SMILES string of the molecule is COc1cc(O)ccc1COc1ccccc1O. The molecule has 0 heterocycles. The Hall–Kier alpha value is -2.36. The van der Waals surface area contributed by atoms with E-state index in [1.165, 1.54) is 13.2 Å². The molecule has 94 valence electrons. The van der Waals surface area contributed by atoms with Gasteiger partial charge in [0.2, 0.25) is 0 Å². The first-order chi connectivity index (χ1) is 8.70. The highest BCUT2D eigenvalue weighted by Crippen LogP contribution is 2.28. The summed E-state index contributed by atoms with van der Waals surface area (Å²) in [4.78, 5) is 0. The molecule has 18 heavy (non-hydrogen) atoms. The lowest BCUT2D eigenvalue weighted by atomic mass is 10.2. The van der Waals surface area contributed by atoms with Gasteiger partial charge in [0.15, 0.2) is 11.5 Å². The lowest BCUT2D eigenvalue weighted by molar-refractivity contribution is 0.281. The second-order valence-corrected chi connectivity index (χ2v) is 3.75. The minimum atomic E-state index is 0.0928. The van der Waals surface area contributed by atoms with Crippen molar-refractivity contribution in [1.82, 2.24) is 0 Å². The average molecular weight is 246 g/mol. The van der Waals surface area contributed by atoms with Gasteiger partial charge in [-0.05, 0) is 24.3 Å². The Bertz CT molecular complexity index is 537. The summed E-state index contributed by atoms with van der Waals surface area (Å²) in [5.74, 6) is 1.19. The molecule has 0 amide bonds. The zero-order valence-corrected chi connectivity index (χ0v) is 9.96. The lowest BCUT2D eigenvalue weighted by Gasteiger charge is -2.11. The summed E-state index contributed by atoms with van der Waals surface area (Å²) in [5, 5.41) is 18.9. The van der Waals surface area contributed by atoms with Crippen molar-refractivity contribution in [2.75, 3.05) is 7.11 Å². The number of methoxy groups -OCH3 is 1. The summed E-state index contributed by atoms with van der Waals surface area (Å²) in [7, 11) is 1.53. The Balaban J connectivity index is 2.13. The van der Waals surface area contributed by atoms with Crippen molar-refractivity contribution in [2.24, 2.45) is 0 Å². The molecule has 0 aliphatic heterocycles. The topological polar surface area (TPSA) is 58.9 Å². The molecule has 0 unspecified atom stereocenters. The average Bonchev–Trinajstić information content (AvgIpc) is 2.39. The van der Waals surface area contributed by atoms with Gasteiger partial charge in [-0.3, -0.25) is 0 Å². The van der Waals surface area contributed by atoms with Crippen LogP contribution in [0.2, 0.25) is 0 Å². The number of rotatable bonds is 4. The molecular weight excluding hydrogens is 232 g/mol. The van der Waals surface area contributed by atoms with Crippen LogP contribution in [0.4, 0.5) is 0 Å². The fourth-order valence-electron chi connectivity index (χ4n) is 1.59. The molecule has 0 saturated heterocycles. The minimum Gasteiger partial charge on any atom is -0.508 e. The van der Waals surface area contributed by atoms with Crippen LogP contribution >= 0.6 is 0 Å². The first-order valence-electron chi connectivity index (χ1n) is 5.47. The van der Waals surface area contributed by atoms with Crippen LogP contribution < -0.4 is 9.47 Å². The maximum absolute atomic E-state index is 9.56. The number of phenolic OH excluding ortho intramolecular Hbond substituents is 2. The summed E-state index contributed by atoms with van der Waals surface area (Å²) in [6, 6.07) is 11.5. The molecule has 0 aromatic heterocycles. The molecule has 2 N–H and O–H groups in total. The second kappa shape index (κ2) is 5.31. The number of phenols is 2. The maximum atomic E-state index is 9.56. The Kier molecular flexibility index (Phi) is 3.57. The van der Waals surface area contributed by atoms with Gasteiger partial charge >= 0.3 is 0 Å². The van der Waals surface area contributed by atoms with Gasteiger partial charge in [0.05, 0.1) is 7.11 Å². The monoisotopic (exact) mass is 246 g/mol. The van der Waals surface area contributed by atoms with Crippen molar-refractivity contribution in [3.63, 3.8) is 0 Å². The molecule has 2 aromatic carbocycles. The first-order valence-corrected chi connectivity index (χ1v) is 5.47. The van der Waals surface area contributed by atoms with Gasteiger partial charge in [-0.25, -0.2) is 0 Å². The van der Waals surface area contributed by atoms with E-state index in [9.17, 15) is 10.2 Å². The summed E-state index contributed by atoms with van der Waals surface area (Å²) >= 11 is 0. The van der Waals surface area contributed by atoms with Crippen molar-refractivity contribution in [1.29, 1.82) is 0 Å². The van der Waals surface area contributed by atoms with Crippen LogP contribution in [0.25, 0.3) is 0 Å². The zero-order chi connectivity index (χ0) is 13.0. The van der Waals surface area contributed by atoms with E-state index < -0.39 is 0 Å². The van der Waals surface area contributed by atoms with Gasteiger partial charge in [-0.15, -0.1) is 0 Å². The van der Waals surface area contributed by atoms with E-state index >= 15 is 0 Å². The third kappa shape index (κ3) is 2.66. The number of hydrogen-bond donors (Lipinski definition) is 2. The molecule has 0 saturated carbocycles. The molecule has 0 aliphatic rings. The number of benzene rings is 2. The predicted molar refractivity (Wildman–Crippen MR) is 67.1 cm³/mol. The van der Waals surface area contributed by atoms with Gasteiger partial charge < -0.3 is 19.7 Å².